The van der Waals surface area contributed by atoms with E-state index in [9.17, 15) is 0 Å². The maximum absolute atomic E-state index is 2.52. The summed E-state index contributed by atoms with van der Waals surface area (Å²) in [7, 11) is 0. The Morgan fingerprint density at radius 3 is 2.13 bits per heavy atom. The molecule has 0 N–H and O–H groups in total. The Morgan fingerprint density at radius 2 is 1.28 bits per heavy atom. The molecule has 0 spiro atoms. The van der Waals surface area contributed by atoms with Gasteiger partial charge in [-0.1, -0.05) is 117 Å². The minimum atomic E-state index is -0.0615. The second kappa shape index (κ2) is 8.29. The Bertz CT molecular complexity index is 2030. The average Bonchev–Trinajstić information content (AvgIpc) is 3.22. The van der Waals surface area contributed by atoms with E-state index in [0.29, 0.717) is 0 Å². The summed E-state index contributed by atoms with van der Waals surface area (Å²) < 4.78 is 0. The molecule has 0 radical (unpaired) electrons. The first-order valence-electron chi connectivity index (χ1n) is 14.1. The van der Waals surface area contributed by atoms with E-state index >= 15 is 0 Å². The van der Waals surface area contributed by atoms with Gasteiger partial charge >= 0.3 is 0 Å². The van der Waals surface area contributed by atoms with Crippen LogP contribution in [0, 0.1) is 0 Å². The van der Waals surface area contributed by atoms with Crippen LogP contribution < -0.4 is 0 Å². The molecule has 0 heteroatoms. The first kappa shape index (κ1) is 22.6. The van der Waals surface area contributed by atoms with Gasteiger partial charge in [-0.25, -0.2) is 0 Å². The number of hydrogen-bond acceptors (Lipinski definition) is 0. The van der Waals surface area contributed by atoms with E-state index in [2.05, 4.69) is 135 Å². The van der Waals surface area contributed by atoms with Crippen molar-refractivity contribution < 1.29 is 0 Å². The van der Waals surface area contributed by atoms with Crippen molar-refractivity contribution in [3.8, 4) is 22.3 Å². The molecule has 186 valence electrons. The molecule has 0 aliphatic heterocycles. The molecule has 8 rings (SSSR count). The number of allylic oxidation sites excluding steroid dienone is 4. The van der Waals surface area contributed by atoms with Crippen LogP contribution in [0.1, 0.15) is 43.4 Å². The molecule has 0 heterocycles. The predicted octanol–water partition coefficient (Wildman–Crippen LogP) is 10.9. The smallest absolute Gasteiger partial charge is 0.0159 e. The van der Waals surface area contributed by atoms with Crippen LogP contribution in [-0.2, 0) is 5.41 Å². The van der Waals surface area contributed by atoms with E-state index in [-0.39, 0.29) is 5.41 Å². The van der Waals surface area contributed by atoms with Crippen molar-refractivity contribution >= 4 is 37.9 Å². The van der Waals surface area contributed by atoms with Gasteiger partial charge < -0.3 is 0 Å². The van der Waals surface area contributed by atoms with Crippen molar-refractivity contribution in [3.05, 3.63) is 138 Å². The Labute approximate surface area is 229 Å². The summed E-state index contributed by atoms with van der Waals surface area (Å²) in [4.78, 5) is 0. The summed E-state index contributed by atoms with van der Waals surface area (Å²) in [5, 5.41) is 7.89. The van der Waals surface area contributed by atoms with E-state index in [1.54, 1.807) is 0 Å². The minimum absolute atomic E-state index is 0.0615. The second-order valence-electron chi connectivity index (χ2n) is 11.6. The lowest BCUT2D eigenvalue weighted by Gasteiger charge is -2.24. The molecule has 0 atom stereocenters. The standard InChI is InChI=1S/C39H30/c1-39(2)35-19-11-10-18-32(35)38-31-17-9-8-16-30(31)34(24-36(38)39)37-29-15-7-6-14-27(29)22-28-21-20-26(23-33(28)37)25-12-4-3-5-13-25/h4,6-24H,3,5H2,1-2H3. The molecular formula is C39H30. The van der Waals surface area contributed by atoms with Crippen molar-refractivity contribution in [1.82, 2.24) is 0 Å². The van der Waals surface area contributed by atoms with Crippen LogP contribution in [0.25, 0.3) is 60.1 Å². The number of rotatable bonds is 2. The maximum Gasteiger partial charge on any atom is 0.0159 e. The van der Waals surface area contributed by atoms with Gasteiger partial charge in [0.2, 0.25) is 0 Å². The third kappa shape index (κ3) is 3.25. The normalized spacial score (nSPS) is 15.5. The summed E-state index contributed by atoms with van der Waals surface area (Å²) in [6.07, 6.45) is 9.21. The van der Waals surface area contributed by atoms with Crippen LogP contribution in [0.3, 0.4) is 0 Å². The van der Waals surface area contributed by atoms with Crippen LogP contribution in [0.5, 0.6) is 0 Å². The summed E-state index contributed by atoms with van der Waals surface area (Å²) in [6.45, 7) is 4.77. The minimum Gasteiger partial charge on any atom is -0.0836 e. The van der Waals surface area contributed by atoms with E-state index in [1.807, 2.05) is 0 Å². The van der Waals surface area contributed by atoms with Crippen molar-refractivity contribution in [3.63, 3.8) is 0 Å². The Kier molecular flexibility index (Phi) is 4.79. The van der Waals surface area contributed by atoms with Gasteiger partial charge in [-0.15, -0.1) is 0 Å². The zero-order valence-corrected chi connectivity index (χ0v) is 22.5. The highest BCUT2D eigenvalue weighted by Gasteiger charge is 2.37. The molecule has 0 bridgehead atoms. The van der Waals surface area contributed by atoms with Crippen LogP contribution in [0.4, 0.5) is 0 Å². The Balaban J connectivity index is 1.52. The average molecular weight is 499 g/mol. The van der Waals surface area contributed by atoms with Gasteiger partial charge in [0, 0.05) is 5.41 Å². The molecular weight excluding hydrogens is 468 g/mol. The molecule has 0 fully saturated rings. The zero-order valence-electron chi connectivity index (χ0n) is 22.5. The lowest BCUT2D eigenvalue weighted by Crippen LogP contribution is -2.15. The van der Waals surface area contributed by atoms with E-state index in [1.165, 1.54) is 76.8 Å². The Morgan fingerprint density at radius 1 is 0.538 bits per heavy atom. The highest BCUT2D eigenvalue weighted by atomic mass is 14.4. The maximum atomic E-state index is 2.52. The zero-order chi connectivity index (χ0) is 26.1. The first-order valence-corrected chi connectivity index (χ1v) is 14.1. The summed E-state index contributed by atoms with van der Waals surface area (Å²) in [6, 6.07) is 38.9. The summed E-state index contributed by atoms with van der Waals surface area (Å²) >= 11 is 0. The van der Waals surface area contributed by atoms with Gasteiger partial charge in [0.15, 0.2) is 0 Å². The van der Waals surface area contributed by atoms with Gasteiger partial charge in [-0.05, 0) is 108 Å². The molecule has 0 nitrogen and oxygen atoms in total. The molecule has 6 aromatic carbocycles. The van der Waals surface area contributed by atoms with E-state index < -0.39 is 0 Å². The highest BCUT2D eigenvalue weighted by Crippen LogP contribution is 2.54. The van der Waals surface area contributed by atoms with Crippen molar-refractivity contribution in [2.24, 2.45) is 0 Å². The molecule has 0 amide bonds. The Hall–Kier alpha value is -4.42. The monoisotopic (exact) mass is 498 g/mol. The van der Waals surface area contributed by atoms with Crippen LogP contribution >= 0.6 is 0 Å². The van der Waals surface area contributed by atoms with Crippen molar-refractivity contribution in [2.75, 3.05) is 0 Å². The van der Waals surface area contributed by atoms with Gasteiger partial charge in [0.25, 0.3) is 0 Å². The lowest BCUT2D eigenvalue weighted by molar-refractivity contribution is 0.661. The first-order chi connectivity index (χ1) is 19.1. The largest absolute Gasteiger partial charge is 0.0836 e. The molecule has 0 saturated carbocycles. The molecule has 6 aromatic rings. The van der Waals surface area contributed by atoms with E-state index in [4.69, 9.17) is 0 Å². The summed E-state index contributed by atoms with van der Waals surface area (Å²) in [5.74, 6) is 0. The van der Waals surface area contributed by atoms with Crippen molar-refractivity contribution in [2.45, 2.75) is 32.1 Å². The molecule has 2 aliphatic carbocycles. The van der Waals surface area contributed by atoms with Gasteiger partial charge in [0.1, 0.15) is 0 Å². The third-order valence-electron chi connectivity index (χ3n) is 9.05. The van der Waals surface area contributed by atoms with Crippen LogP contribution in [0.2, 0.25) is 0 Å². The molecule has 39 heavy (non-hydrogen) atoms. The van der Waals surface area contributed by atoms with Gasteiger partial charge in [0.05, 0.1) is 0 Å². The fourth-order valence-electron chi connectivity index (χ4n) is 7.12. The number of benzene rings is 6. The molecule has 2 aliphatic rings. The lowest BCUT2D eigenvalue weighted by atomic mass is 9.79. The van der Waals surface area contributed by atoms with Crippen molar-refractivity contribution in [1.29, 1.82) is 0 Å². The predicted molar refractivity (Wildman–Crippen MR) is 168 cm³/mol. The second-order valence-corrected chi connectivity index (χ2v) is 11.6. The molecule has 0 aromatic heterocycles. The van der Waals surface area contributed by atoms with E-state index in [0.717, 1.165) is 12.8 Å². The topological polar surface area (TPSA) is 0 Å². The quantitative estimate of drug-likeness (QED) is 0.208. The summed E-state index contributed by atoms with van der Waals surface area (Å²) in [5.41, 5.74) is 10.9. The van der Waals surface area contributed by atoms with Gasteiger partial charge in [-0.2, -0.15) is 0 Å². The highest BCUT2D eigenvalue weighted by molar-refractivity contribution is 6.19. The molecule has 0 unspecified atom stereocenters. The third-order valence-corrected chi connectivity index (χ3v) is 9.05. The number of fused-ring (bicyclic) bond motifs is 7. The molecule has 0 saturated heterocycles. The number of hydrogen-bond donors (Lipinski definition) is 0. The van der Waals surface area contributed by atoms with Crippen LogP contribution in [-0.4, -0.2) is 0 Å². The fourth-order valence-corrected chi connectivity index (χ4v) is 7.12. The van der Waals surface area contributed by atoms with Crippen LogP contribution in [0.15, 0.2) is 121 Å². The SMILES string of the molecule is CC1(C)c2ccccc2-c2c1cc(-c1c3ccccc3cc3ccc(C4=CCCC=C4)cc13)c1ccccc21. The van der Waals surface area contributed by atoms with Gasteiger partial charge in [-0.3, -0.25) is 0 Å². The fraction of sp³-hybridized carbons (Fsp3) is 0.128.